The van der Waals surface area contributed by atoms with Crippen molar-refractivity contribution < 1.29 is 22.0 Å². The molecule has 0 N–H and O–H groups in total. The number of rotatable bonds is 10. The molecule has 3 rings (SSSR count). The molecular formula is C22H25F2N3O3S2. The molecule has 0 aliphatic heterocycles. The molecule has 172 valence electrons. The number of fused-ring (bicyclic) bond motifs is 1. The van der Waals surface area contributed by atoms with Gasteiger partial charge in [0.05, 0.1) is 15.3 Å². The number of halogens is 2. The molecule has 0 aliphatic rings. The molecule has 1 aromatic heterocycles. The second-order valence-corrected chi connectivity index (χ2v) is 10.3. The van der Waals surface area contributed by atoms with Crippen molar-refractivity contribution >= 4 is 42.4 Å². The van der Waals surface area contributed by atoms with E-state index in [-0.39, 0.29) is 39.0 Å². The van der Waals surface area contributed by atoms with Crippen molar-refractivity contribution in [1.82, 2.24) is 9.88 Å². The highest BCUT2D eigenvalue weighted by Crippen LogP contribution is 2.31. The molecule has 1 amide bonds. The molecule has 6 nitrogen and oxygen atoms in total. The van der Waals surface area contributed by atoms with E-state index in [1.54, 1.807) is 18.2 Å². The van der Waals surface area contributed by atoms with E-state index in [0.717, 1.165) is 30.5 Å². The third-order valence-corrected chi connectivity index (χ3v) is 7.91. The van der Waals surface area contributed by atoms with Gasteiger partial charge in [0.15, 0.2) is 20.8 Å². The highest BCUT2D eigenvalue weighted by Gasteiger charge is 2.24. The summed E-state index contributed by atoms with van der Waals surface area (Å²) in [6, 6.07) is 9.87. The summed E-state index contributed by atoms with van der Waals surface area (Å²) in [5, 5.41) is 0.221. The number of nitrogens with zero attached hydrogens (tertiary/aromatic N) is 3. The number of sulfone groups is 1. The Morgan fingerprint density at radius 2 is 1.75 bits per heavy atom. The summed E-state index contributed by atoms with van der Waals surface area (Å²) < 4.78 is 53.2. The molecule has 0 aliphatic carbocycles. The Balaban J connectivity index is 1.85. The number of amides is 1. The lowest BCUT2D eigenvalue weighted by Crippen LogP contribution is -2.39. The van der Waals surface area contributed by atoms with E-state index in [1.165, 1.54) is 23.1 Å². The Hall–Kier alpha value is -2.43. The molecule has 10 heteroatoms. The zero-order chi connectivity index (χ0) is 23.3. The summed E-state index contributed by atoms with van der Waals surface area (Å²) in [6.45, 7) is 6.35. The zero-order valence-electron chi connectivity index (χ0n) is 17.9. The van der Waals surface area contributed by atoms with Gasteiger partial charge in [-0.2, -0.15) is 0 Å². The topological polar surface area (TPSA) is 70.6 Å². The minimum atomic E-state index is -3.63. The molecular weight excluding hydrogens is 456 g/mol. The fourth-order valence-corrected chi connectivity index (χ4v) is 5.57. The van der Waals surface area contributed by atoms with Gasteiger partial charge >= 0.3 is 0 Å². The van der Waals surface area contributed by atoms with Crippen molar-refractivity contribution in [1.29, 1.82) is 0 Å². The van der Waals surface area contributed by atoms with Crippen LogP contribution in [0.2, 0.25) is 0 Å². The first-order valence-electron chi connectivity index (χ1n) is 10.3. The fraction of sp³-hybridized carbons (Fsp3) is 0.364. The normalized spacial score (nSPS) is 11.9. The van der Waals surface area contributed by atoms with E-state index in [1.807, 2.05) is 13.8 Å². The van der Waals surface area contributed by atoms with Crippen molar-refractivity contribution in [2.45, 2.75) is 25.2 Å². The maximum absolute atomic E-state index is 14.2. The number of hydrogen-bond acceptors (Lipinski definition) is 6. The Morgan fingerprint density at radius 3 is 2.41 bits per heavy atom. The number of likely N-dealkylation sites (N-methyl/N-ethyl adjacent to an activating group) is 1. The lowest BCUT2D eigenvalue weighted by Gasteiger charge is -2.24. The highest BCUT2D eigenvalue weighted by atomic mass is 32.2. The predicted octanol–water partition coefficient (Wildman–Crippen LogP) is 4.11. The number of carbonyl (C=O) groups excluding carboxylic acids is 1. The van der Waals surface area contributed by atoms with Crippen LogP contribution >= 0.6 is 11.3 Å². The summed E-state index contributed by atoms with van der Waals surface area (Å²) in [4.78, 5) is 20.9. The SMILES string of the molecule is CCN(CC)CCN(C(=O)CCS(=O)(=O)c1ccccc1)c1nc2c(F)cc(F)cc2s1. The van der Waals surface area contributed by atoms with Crippen LogP contribution in [0.25, 0.3) is 10.2 Å². The van der Waals surface area contributed by atoms with E-state index in [2.05, 4.69) is 9.88 Å². The highest BCUT2D eigenvalue weighted by molar-refractivity contribution is 7.91. The van der Waals surface area contributed by atoms with Crippen LogP contribution in [-0.2, 0) is 14.6 Å². The number of aromatic nitrogens is 1. The predicted molar refractivity (Wildman–Crippen MR) is 123 cm³/mol. The first kappa shape index (κ1) is 24.2. The van der Waals surface area contributed by atoms with Gasteiger partial charge in [-0.3, -0.25) is 9.69 Å². The number of thiazole rings is 1. The lowest BCUT2D eigenvalue weighted by atomic mass is 10.3. The Morgan fingerprint density at radius 1 is 1.06 bits per heavy atom. The smallest absolute Gasteiger partial charge is 0.229 e. The molecule has 0 atom stereocenters. The molecule has 0 saturated heterocycles. The average molecular weight is 482 g/mol. The molecule has 0 saturated carbocycles. The molecule has 3 aromatic rings. The zero-order valence-corrected chi connectivity index (χ0v) is 19.6. The first-order valence-corrected chi connectivity index (χ1v) is 12.8. The Labute approximate surface area is 190 Å². The van der Waals surface area contributed by atoms with Crippen LogP contribution in [0.4, 0.5) is 13.9 Å². The van der Waals surface area contributed by atoms with Crippen molar-refractivity contribution in [2.75, 3.05) is 36.8 Å². The van der Waals surface area contributed by atoms with E-state index < -0.39 is 27.4 Å². The lowest BCUT2D eigenvalue weighted by molar-refractivity contribution is -0.118. The van der Waals surface area contributed by atoms with Gasteiger partial charge in [-0.1, -0.05) is 43.4 Å². The summed E-state index contributed by atoms with van der Waals surface area (Å²) >= 11 is 1.00. The monoisotopic (exact) mass is 481 g/mol. The van der Waals surface area contributed by atoms with Crippen molar-refractivity contribution in [3.63, 3.8) is 0 Å². The fourth-order valence-electron chi connectivity index (χ4n) is 3.27. The van der Waals surface area contributed by atoms with Gasteiger partial charge in [-0.25, -0.2) is 22.2 Å². The van der Waals surface area contributed by atoms with Crippen LogP contribution in [0.1, 0.15) is 20.3 Å². The van der Waals surface area contributed by atoms with Crippen molar-refractivity contribution in [2.24, 2.45) is 0 Å². The molecule has 0 fully saturated rings. The summed E-state index contributed by atoms with van der Waals surface area (Å²) in [5.74, 6) is -2.31. The maximum atomic E-state index is 14.2. The van der Waals surface area contributed by atoms with E-state index in [0.29, 0.717) is 6.54 Å². The largest absolute Gasteiger partial charge is 0.302 e. The molecule has 0 unspecified atom stereocenters. The minimum Gasteiger partial charge on any atom is -0.302 e. The van der Waals surface area contributed by atoms with Crippen molar-refractivity contribution in [3.8, 4) is 0 Å². The number of anilines is 1. The molecule has 0 bridgehead atoms. The van der Waals surface area contributed by atoms with Gasteiger partial charge in [0.1, 0.15) is 11.3 Å². The third-order valence-electron chi connectivity index (χ3n) is 5.16. The number of benzene rings is 2. The van der Waals surface area contributed by atoms with Crippen LogP contribution in [0, 0.1) is 11.6 Å². The van der Waals surface area contributed by atoms with Crippen LogP contribution in [0.15, 0.2) is 47.4 Å². The van der Waals surface area contributed by atoms with E-state index in [4.69, 9.17) is 0 Å². The maximum Gasteiger partial charge on any atom is 0.229 e. The second-order valence-electron chi connectivity index (χ2n) is 7.18. The minimum absolute atomic E-state index is 0.0102. The van der Waals surface area contributed by atoms with E-state index in [9.17, 15) is 22.0 Å². The summed E-state index contributed by atoms with van der Waals surface area (Å²) in [5.41, 5.74) is -0.0102. The average Bonchev–Trinajstić information content (AvgIpc) is 3.20. The Kier molecular flexibility index (Phi) is 7.91. The van der Waals surface area contributed by atoms with Crippen LogP contribution < -0.4 is 4.90 Å². The molecule has 1 heterocycles. The van der Waals surface area contributed by atoms with Gasteiger partial charge in [0.25, 0.3) is 0 Å². The van der Waals surface area contributed by atoms with Gasteiger partial charge in [0.2, 0.25) is 5.91 Å². The van der Waals surface area contributed by atoms with E-state index >= 15 is 0 Å². The Bertz CT molecular complexity index is 1180. The van der Waals surface area contributed by atoms with Crippen LogP contribution in [0.3, 0.4) is 0 Å². The molecule has 2 aromatic carbocycles. The molecule has 32 heavy (non-hydrogen) atoms. The van der Waals surface area contributed by atoms with Crippen LogP contribution in [-0.4, -0.2) is 56.1 Å². The third kappa shape index (κ3) is 5.67. The van der Waals surface area contributed by atoms with Crippen LogP contribution in [0.5, 0.6) is 0 Å². The number of hydrogen-bond donors (Lipinski definition) is 0. The summed E-state index contributed by atoms with van der Waals surface area (Å²) in [7, 11) is -3.63. The standard InChI is InChI=1S/C22H25F2N3O3S2/c1-3-26(4-2)11-12-27(22-25-21-18(24)14-16(23)15-19(21)31-22)20(28)10-13-32(29,30)17-8-6-5-7-9-17/h5-9,14-15H,3-4,10-13H2,1-2H3. The molecule has 0 spiro atoms. The number of carbonyl (C=O) groups is 1. The first-order chi connectivity index (χ1) is 15.2. The van der Waals surface area contributed by atoms with Gasteiger partial charge < -0.3 is 4.90 Å². The quantitative estimate of drug-likeness (QED) is 0.436. The van der Waals surface area contributed by atoms with Gasteiger partial charge in [0, 0.05) is 25.6 Å². The second kappa shape index (κ2) is 10.5. The van der Waals surface area contributed by atoms with Crippen molar-refractivity contribution in [3.05, 3.63) is 54.1 Å². The van der Waals surface area contributed by atoms with Gasteiger partial charge in [-0.05, 0) is 31.3 Å². The molecule has 0 radical (unpaired) electrons. The summed E-state index contributed by atoms with van der Waals surface area (Å²) in [6.07, 6.45) is -0.248. The van der Waals surface area contributed by atoms with Gasteiger partial charge in [-0.15, -0.1) is 0 Å².